The summed E-state index contributed by atoms with van der Waals surface area (Å²) in [5.41, 5.74) is 0. The molecule has 0 heterocycles. The predicted octanol–water partition coefficient (Wildman–Crippen LogP) is 2.69. The molecule has 16 heavy (non-hydrogen) atoms. The fourth-order valence-electron chi connectivity index (χ4n) is 1.43. The molecule has 1 unspecified atom stereocenters. The van der Waals surface area contributed by atoms with E-state index in [1.165, 1.54) is 12.2 Å². The standard InChI is InChI=1S/C12H20O4/c1-2-3-4-5-7-10(12(15)16)8-6-9-11(13)14/h6,8,10H,2-5,7,9H2,1H3,(H,13,14)(H,15,16)/b8-6+. The Hall–Kier alpha value is -1.32. The molecule has 0 rings (SSSR count). The average Bonchev–Trinajstić information content (AvgIpc) is 2.20. The van der Waals surface area contributed by atoms with Crippen molar-refractivity contribution in [3.63, 3.8) is 0 Å². The first-order valence-corrected chi connectivity index (χ1v) is 5.69. The highest BCUT2D eigenvalue weighted by atomic mass is 16.4. The number of aliphatic carboxylic acids is 2. The molecule has 4 heteroatoms. The van der Waals surface area contributed by atoms with E-state index in [0.29, 0.717) is 6.42 Å². The lowest BCUT2D eigenvalue weighted by Gasteiger charge is -2.06. The third-order valence-corrected chi connectivity index (χ3v) is 2.35. The zero-order chi connectivity index (χ0) is 12.4. The molecule has 2 N–H and O–H groups in total. The van der Waals surface area contributed by atoms with Crippen LogP contribution in [0.4, 0.5) is 0 Å². The summed E-state index contributed by atoms with van der Waals surface area (Å²) in [4.78, 5) is 21.1. The molecule has 0 aliphatic rings. The first-order chi connectivity index (χ1) is 7.57. The van der Waals surface area contributed by atoms with Gasteiger partial charge in [-0.05, 0) is 6.42 Å². The van der Waals surface area contributed by atoms with Gasteiger partial charge in [-0.3, -0.25) is 9.59 Å². The molecule has 0 aromatic heterocycles. The Morgan fingerprint density at radius 2 is 1.88 bits per heavy atom. The maximum Gasteiger partial charge on any atom is 0.310 e. The van der Waals surface area contributed by atoms with Crippen molar-refractivity contribution in [3.05, 3.63) is 12.2 Å². The summed E-state index contributed by atoms with van der Waals surface area (Å²) in [6.45, 7) is 2.10. The largest absolute Gasteiger partial charge is 0.481 e. The summed E-state index contributed by atoms with van der Waals surface area (Å²) in [7, 11) is 0. The lowest BCUT2D eigenvalue weighted by atomic mass is 10.00. The second-order valence-electron chi connectivity index (χ2n) is 3.82. The van der Waals surface area contributed by atoms with Crippen molar-refractivity contribution in [2.75, 3.05) is 0 Å². The molecule has 0 aromatic carbocycles. The molecule has 0 spiro atoms. The summed E-state index contributed by atoms with van der Waals surface area (Å²) in [6.07, 6.45) is 7.53. The van der Waals surface area contributed by atoms with Crippen molar-refractivity contribution < 1.29 is 19.8 Å². The summed E-state index contributed by atoms with van der Waals surface area (Å²) in [5.74, 6) is -2.36. The molecule has 92 valence electrons. The Balaban J connectivity index is 3.93. The van der Waals surface area contributed by atoms with Crippen LogP contribution < -0.4 is 0 Å². The second-order valence-corrected chi connectivity index (χ2v) is 3.82. The quantitative estimate of drug-likeness (QED) is 0.470. The summed E-state index contributed by atoms with van der Waals surface area (Å²) < 4.78 is 0. The SMILES string of the molecule is CCCCCCC(/C=C/CC(=O)O)C(=O)O. The van der Waals surface area contributed by atoms with Crippen molar-refractivity contribution in [1.29, 1.82) is 0 Å². The lowest BCUT2D eigenvalue weighted by Crippen LogP contribution is -2.11. The summed E-state index contributed by atoms with van der Waals surface area (Å²) >= 11 is 0. The van der Waals surface area contributed by atoms with Gasteiger partial charge < -0.3 is 10.2 Å². The van der Waals surface area contributed by atoms with Crippen molar-refractivity contribution >= 4 is 11.9 Å². The van der Waals surface area contributed by atoms with Gasteiger partial charge >= 0.3 is 11.9 Å². The first-order valence-electron chi connectivity index (χ1n) is 5.69. The van der Waals surface area contributed by atoms with Crippen LogP contribution in [0.2, 0.25) is 0 Å². The van der Waals surface area contributed by atoms with E-state index in [9.17, 15) is 9.59 Å². The highest BCUT2D eigenvalue weighted by Crippen LogP contribution is 2.13. The Bertz CT molecular complexity index is 245. The Morgan fingerprint density at radius 3 is 2.38 bits per heavy atom. The smallest absolute Gasteiger partial charge is 0.310 e. The molecule has 0 aromatic rings. The van der Waals surface area contributed by atoms with E-state index in [1.54, 1.807) is 0 Å². The van der Waals surface area contributed by atoms with Gasteiger partial charge in [-0.1, -0.05) is 44.8 Å². The van der Waals surface area contributed by atoms with Gasteiger partial charge in [0, 0.05) is 0 Å². The molecule has 0 radical (unpaired) electrons. The maximum atomic E-state index is 10.8. The van der Waals surface area contributed by atoms with Crippen molar-refractivity contribution in [3.8, 4) is 0 Å². The van der Waals surface area contributed by atoms with Crippen molar-refractivity contribution in [2.24, 2.45) is 5.92 Å². The molecule has 0 saturated carbocycles. The molecule has 0 bridgehead atoms. The van der Waals surface area contributed by atoms with E-state index >= 15 is 0 Å². The Kier molecular flexibility index (Phi) is 8.21. The van der Waals surface area contributed by atoms with Crippen LogP contribution >= 0.6 is 0 Å². The normalized spacial score (nSPS) is 12.8. The van der Waals surface area contributed by atoms with Crippen LogP contribution in [0.5, 0.6) is 0 Å². The van der Waals surface area contributed by atoms with Crippen LogP contribution in [-0.2, 0) is 9.59 Å². The third kappa shape index (κ3) is 8.03. The van der Waals surface area contributed by atoms with Crippen LogP contribution in [0.3, 0.4) is 0 Å². The van der Waals surface area contributed by atoms with Gasteiger partial charge in [-0.25, -0.2) is 0 Å². The van der Waals surface area contributed by atoms with Gasteiger partial charge in [-0.2, -0.15) is 0 Å². The minimum absolute atomic E-state index is 0.112. The van der Waals surface area contributed by atoms with Gasteiger partial charge in [-0.15, -0.1) is 0 Å². The van der Waals surface area contributed by atoms with E-state index in [1.807, 2.05) is 0 Å². The van der Waals surface area contributed by atoms with Crippen molar-refractivity contribution in [1.82, 2.24) is 0 Å². The highest BCUT2D eigenvalue weighted by Gasteiger charge is 2.12. The zero-order valence-corrected chi connectivity index (χ0v) is 9.69. The molecule has 0 fully saturated rings. The molecule has 0 saturated heterocycles. The third-order valence-electron chi connectivity index (χ3n) is 2.35. The lowest BCUT2D eigenvalue weighted by molar-refractivity contribution is -0.140. The molecular weight excluding hydrogens is 208 g/mol. The second kappa shape index (κ2) is 8.95. The minimum Gasteiger partial charge on any atom is -0.481 e. The number of rotatable bonds is 9. The Morgan fingerprint density at radius 1 is 1.19 bits per heavy atom. The van der Waals surface area contributed by atoms with Gasteiger partial charge in [0.25, 0.3) is 0 Å². The molecule has 0 amide bonds. The molecule has 0 aliphatic heterocycles. The summed E-state index contributed by atoms with van der Waals surface area (Å²) in [5, 5.41) is 17.3. The van der Waals surface area contributed by atoms with Gasteiger partial charge in [0.1, 0.15) is 0 Å². The highest BCUT2D eigenvalue weighted by molar-refractivity contribution is 5.73. The first kappa shape index (κ1) is 14.7. The van der Waals surface area contributed by atoms with Crippen LogP contribution in [0, 0.1) is 5.92 Å². The van der Waals surface area contributed by atoms with Crippen LogP contribution in [0.15, 0.2) is 12.2 Å². The molecular formula is C12H20O4. The number of carboxylic acid groups (broad SMARTS) is 2. The fourth-order valence-corrected chi connectivity index (χ4v) is 1.43. The fraction of sp³-hybridized carbons (Fsp3) is 0.667. The van der Waals surface area contributed by atoms with E-state index in [0.717, 1.165) is 25.7 Å². The van der Waals surface area contributed by atoms with E-state index < -0.39 is 17.9 Å². The Labute approximate surface area is 96.0 Å². The zero-order valence-electron chi connectivity index (χ0n) is 9.69. The molecule has 1 atom stereocenters. The molecule has 4 nitrogen and oxygen atoms in total. The van der Waals surface area contributed by atoms with E-state index in [-0.39, 0.29) is 6.42 Å². The van der Waals surface area contributed by atoms with E-state index in [2.05, 4.69) is 6.92 Å². The van der Waals surface area contributed by atoms with Crippen LogP contribution in [0.1, 0.15) is 45.4 Å². The number of carbonyl (C=O) groups is 2. The minimum atomic E-state index is -0.939. The monoisotopic (exact) mass is 228 g/mol. The van der Waals surface area contributed by atoms with Gasteiger partial charge in [0.05, 0.1) is 12.3 Å². The van der Waals surface area contributed by atoms with E-state index in [4.69, 9.17) is 10.2 Å². The average molecular weight is 228 g/mol. The summed E-state index contributed by atoms with van der Waals surface area (Å²) in [6, 6.07) is 0. The van der Waals surface area contributed by atoms with Crippen LogP contribution in [0.25, 0.3) is 0 Å². The topological polar surface area (TPSA) is 74.6 Å². The van der Waals surface area contributed by atoms with Gasteiger partial charge in [0.15, 0.2) is 0 Å². The van der Waals surface area contributed by atoms with Crippen LogP contribution in [-0.4, -0.2) is 22.2 Å². The predicted molar refractivity (Wildman–Crippen MR) is 61.3 cm³/mol. The molecule has 0 aliphatic carbocycles. The number of carboxylic acids is 2. The number of hydrogen-bond acceptors (Lipinski definition) is 2. The van der Waals surface area contributed by atoms with Gasteiger partial charge in [0.2, 0.25) is 0 Å². The number of hydrogen-bond donors (Lipinski definition) is 2. The van der Waals surface area contributed by atoms with Crippen molar-refractivity contribution in [2.45, 2.75) is 45.4 Å². The maximum absolute atomic E-state index is 10.8. The number of unbranched alkanes of at least 4 members (excludes halogenated alkanes) is 3.